The van der Waals surface area contributed by atoms with E-state index in [9.17, 15) is 15.0 Å². The summed E-state index contributed by atoms with van der Waals surface area (Å²) in [5.74, 6) is -2.02. The molecule has 0 saturated carbocycles. The van der Waals surface area contributed by atoms with Gasteiger partial charge in [-0.3, -0.25) is 14.8 Å². The Bertz CT molecular complexity index is 1890. The summed E-state index contributed by atoms with van der Waals surface area (Å²) in [6.45, 7) is 4.14. The minimum absolute atomic E-state index is 0.00366. The molecule has 10 nitrogen and oxygen atoms in total. The van der Waals surface area contributed by atoms with E-state index in [1.807, 2.05) is 38.1 Å². The van der Waals surface area contributed by atoms with E-state index < -0.39 is 35.6 Å². The molecule has 5 aromatic rings. The molecule has 0 saturated heterocycles. The van der Waals surface area contributed by atoms with Crippen LogP contribution in [0.3, 0.4) is 0 Å². The highest BCUT2D eigenvalue weighted by Gasteiger charge is 2.25. The SMILES string of the molecule is CC1(C)CCOCC(c2cccc(CCC(=O)O)c2)n2ccc(n2)-c2cc(ccc2F)Oc2c(F)cc3[nH]ccc3c2CO[C@H](O)N1. The number of carbonyl (C=O) groups is 1. The van der Waals surface area contributed by atoms with E-state index in [0.29, 0.717) is 41.6 Å². The molecule has 3 heterocycles. The quantitative estimate of drug-likeness (QED) is 0.179. The number of aliphatic carboxylic acids is 1. The number of nitrogens with one attached hydrogen (secondary N) is 2. The maximum absolute atomic E-state index is 15.5. The lowest BCUT2D eigenvalue weighted by Crippen LogP contribution is -2.47. The Labute approximate surface area is 269 Å². The van der Waals surface area contributed by atoms with Crippen LogP contribution in [0.2, 0.25) is 0 Å². The van der Waals surface area contributed by atoms with E-state index in [1.54, 1.807) is 29.2 Å². The molecular formula is C35H36F2N4O6. The van der Waals surface area contributed by atoms with Gasteiger partial charge in [-0.2, -0.15) is 5.10 Å². The number of halogens is 2. The smallest absolute Gasteiger partial charge is 0.303 e. The Morgan fingerprint density at radius 3 is 2.79 bits per heavy atom. The molecule has 4 N–H and O–H groups in total. The van der Waals surface area contributed by atoms with Crippen LogP contribution in [0.1, 0.15) is 49.4 Å². The summed E-state index contributed by atoms with van der Waals surface area (Å²) in [7, 11) is 0. The first kappa shape index (κ1) is 32.3. The van der Waals surface area contributed by atoms with E-state index in [4.69, 9.17) is 19.3 Å². The number of hydrogen-bond acceptors (Lipinski definition) is 7. The van der Waals surface area contributed by atoms with Crippen LogP contribution in [-0.4, -0.2) is 56.1 Å². The second-order valence-corrected chi connectivity index (χ2v) is 12.2. The van der Waals surface area contributed by atoms with Crippen molar-refractivity contribution in [1.29, 1.82) is 0 Å². The third kappa shape index (κ3) is 7.52. The molecule has 0 spiro atoms. The molecule has 0 fully saturated rings. The summed E-state index contributed by atoms with van der Waals surface area (Å²) in [6.07, 6.45) is 2.87. The number of hydrogen-bond donors (Lipinski definition) is 4. The molecule has 12 heteroatoms. The molecule has 47 heavy (non-hydrogen) atoms. The van der Waals surface area contributed by atoms with Crippen LogP contribution in [0.5, 0.6) is 11.5 Å². The van der Waals surface area contributed by atoms with Crippen molar-refractivity contribution in [3.8, 4) is 22.8 Å². The monoisotopic (exact) mass is 646 g/mol. The Kier molecular flexibility index (Phi) is 9.37. The molecule has 0 aliphatic carbocycles. The zero-order chi connectivity index (χ0) is 33.1. The number of benzene rings is 3. The second kappa shape index (κ2) is 13.6. The number of rotatable bonds is 4. The lowest BCUT2D eigenvalue weighted by atomic mass is 10.0. The molecule has 3 aromatic carbocycles. The number of aryl methyl sites for hydroxylation is 1. The lowest BCUT2D eigenvalue weighted by molar-refractivity contribution is -0.142. The number of aliphatic hydroxyl groups excluding tert-OH is 1. The molecule has 0 amide bonds. The summed E-state index contributed by atoms with van der Waals surface area (Å²) in [5.41, 5.74) is 2.45. The van der Waals surface area contributed by atoms with Crippen molar-refractivity contribution in [1.82, 2.24) is 20.1 Å². The minimum Gasteiger partial charge on any atom is -0.481 e. The molecule has 4 bridgehead atoms. The van der Waals surface area contributed by atoms with Gasteiger partial charge in [0.05, 0.1) is 18.9 Å². The number of carboxylic acids is 1. The Balaban J connectivity index is 1.40. The highest BCUT2D eigenvalue weighted by Crippen LogP contribution is 2.37. The lowest BCUT2D eigenvalue weighted by Gasteiger charge is -2.29. The van der Waals surface area contributed by atoms with E-state index >= 15 is 8.78 Å². The zero-order valence-corrected chi connectivity index (χ0v) is 26.0. The van der Waals surface area contributed by atoms with Crippen molar-refractivity contribution >= 4 is 16.9 Å². The second-order valence-electron chi connectivity index (χ2n) is 12.2. The van der Waals surface area contributed by atoms with Crippen LogP contribution < -0.4 is 10.1 Å². The number of aromatic nitrogens is 3. The van der Waals surface area contributed by atoms with Crippen LogP contribution in [0.15, 0.2) is 73.1 Å². The fraction of sp³-hybridized carbons (Fsp3) is 0.314. The normalized spacial score (nSPS) is 18.8. The predicted octanol–water partition coefficient (Wildman–Crippen LogP) is 6.29. The standard InChI is InChI=1S/C35H36F2N4O6/c1-35(2)12-15-45-20-31(22-5-3-4-21(16-22)6-9-32(42)43)41-14-11-29(40-41)25-17-23(7-8-27(25)36)47-33-26(19-46-34(44)39-35)24-10-13-38-30(24)18-28(33)37/h3-5,7-8,10-11,13-14,16-18,31,34,38-39,44H,6,9,12,15,19-20H2,1-2H3,(H,42,43)/t31?,34-/m0/s1. The number of H-pyrrole nitrogens is 1. The van der Waals surface area contributed by atoms with E-state index in [1.165, 1.54) is 24.3 Å². The summed E-state index contributed by atoms with van der Waals surface area (Å²) in [6, 6.07) is 16.0. The van der Waals surface area contributed by atoms with Gasteiger partial charge in [0, 0.05) is 59.1 Å². The number of nitrogens with zero attached hydrogens (tertiary/aromatic N) is 2. The first-order valence-corrected chi connectivity index (χ1v) is 15.3. The van der Waals surface area contributed by atoms with Crippen LogP contribution >= 0.6 is 0 Å². The van der Waals surface area contributed by atoms with Gasteiger partial charge in [0.25, 0.3) is 0 Å². The fourth-order valence-electron chi connectivity index (χ4n) is 5.68. The summed E-state index contributed by atoms with van der Waals surface area (Å²) in [5, 5.41) is 28.4. The number of carboxylic acid groups (broad SMARTS) is 1. The molecular weight excluding hydrogens is 610 g/mol. The molecule has 2 aromatic heterocycles. The summed E-state index contributed by atoms with van der Waals surface area (Å²) >= 11 is 0. The van der Waals surface area contributed by atoms with Gasteiger partial charge in [0.2, 0.25) is 6.41 Å². The maximum atomic E-state index is 15.5. The van der Waals surface area contributed by atoms with Gasteiger partial charge in [0.15, 0.2) is 11.6 Å². The third-order valence-corrected chi connectivity index (χ3v) is 8.24. The van der Waals surface area contributed by atoms with Crippen LogP contribution in [0.4, 0.5) is 8.78 Å². The maximum Gasteiger partial charge on any atom is 0.303 e. The van der Waals surface area contributed by atoms with Gasteiger partial charge in [0.1, 0.15) is 17.6 Å². The van der Waals surface area contributed by atoms with Gasteiger partial charge in [-0.25, -0.2) is 8.78 Å². The van der Waals surface area contributed by atoms with Crippen LogP contribution in [0.25, 0.3) is 22.2 Å². The van der Waals surface area contributed by atoms with Crippen molar-refractivity contribution in [2.24, 2.45) is 0 Å². The topological polar surface area (TPSA) is 131 Å². The molecule has 1 unspecified atom stereocenters. The van der Waals surface area contributed by atoms with Crippen molar-refractivity contribution in [2.75, 3.05) is 13.2 Å². The predicted molar refractivity (Wildman–Crippen MR) is 170 cm³/mol. The van der Waals surface area contributed by atoms with Gasteiger partial charge < -0.3 is 29.4 Å². The summed E-state index contributed by atoms with van der Waals surface area (Å²) < 4.78 is 50.4. The van der Waals surface area contributed by atoms with Gasteiger partial charge >= 0.3 is 5.97 Å². The highest BCUT2D eigenvalue weighted by atomic mass is 19.1. The first-order chi connectivity index (χ1) is 22.6. The van der Waals surface area contributed by atoms with Gasteiger partial charge in [-0.05, 0) is 68.1 Å². The molecule has 1 aliphatic rings. The number of fused-ring (bicyclic) bond motifs is 8. The number of aromatic amines is 1. The fourth-order valence-corrected chi connectivity index (χ4v) is 5.68. The van der Waals surface area contributed by atoms with E-state index in [0.717, 1.165) is 11.1 Å². The summed E-state index contributed by atoms with van der Waals surface area (Å²) in [4.78, 5) is 14.2. The first-order valence-electron chi connectivity index (χ1n) is 15.3. The van der Waals surface area contributed by atoms with Crippen molar-refractivity contribution < 1.29 is 38.0 Å². The van der Waals surface area contributed by atoms with Crippen LogP contribution in [-0.2, 0) is 27.3 Å². The minimum atomic E-state index is -1.39. The molecule has 0 radical (unpaired) electrons. The third-order valence-electron chi connectivity index (χ3n) is 8.24. The molecule has 1 aliphatic heterocycles. The van der Waals surface area contributed by atoms with Gasteiger partial charge in [-0.1, -0.05) is 24.3 Å². The molecule has 2 atom stereocenters. The number of ether oxygens (including phenoxy) is 3. The highest BCUT2D eigenvalue weighted by molar-refractivity contribution is 5.85. The average molecular weight is 647 g/mol. The van der Waals surface area contributed by atoms with Gasteiger partial charge in [-0.15, -0.1) is 0 Å². The number of aliphatic hydroxyl groups is 1. The Hall–Kier alpha value is -4.62. The largest absolute Gasteiger partial charge is 0.481 e. The van der Waals surface area contributed by atoms with E-state index in [-0.39, 0.29) is 36.7 Å². The average Bonchev–Trinajstić information content (AvgIpc) is 3.70. The Morgan fingerprint density at radius 1 is 1.11 bits per heavy atom. The Morgan fingerprint density at radius 2 is 1.96 bits per heavy atom. The molecule has 6 rings (SSSR count). The van der Waals surface area contributed by atoms with E-state index in [2.05, 4.69) is 10.3 Å². The van der Waals surface area contributed by atoms with Crippen molar-refractivity contribution in [2.45, 2.75) is 57.7 Å². The van der Waals surface area contributed by atoms with Crippen molar-refractivity contribution in [3.63, 3.8) is 0 Å². The zero-order valence-electron chi connectivity index (χ0n) is 26.0. The van der Waals surface area contributed by atoms with Crippen molar-refractivity contribution in [3.05, 3.63) is 101 Å². The molecule has 246 valence electrons. The van der Waals surface area contributed by atoms with Crippen LogP contribution in [0, 0.1) is 11.6 Å².